The first-order valence-corrected chi connectivity index (χ1v) is 23.4. The van der Waals surface area contributed by atoms with Crippen molar-refractivity contribution in [2.24, 2.45) is 17.8 Å². The molecular weight excluding hydrogens is 748 g/mol. The van der Waals surface area contributed by atoms with Gasteiger partial charge in [0.15, 0.2) is 0 Å². The van der Waals surface area contributed by atoms with Crippen LogP contribution in [0.1, 0.15) is 253 Å². The molecular formula is C48H87AlO9. The first-order chi connectivity index (χ1) is 27.3. The van der Waals surface area contributed by atoms with E-state index in [1.807, 2.05) is 0 Å². The smallest absolute Gasteiger partial charge is 0.549 e. The van der Waals surface area contributed by atoms with E-state index in [4.69, 9.17) is 0 Å². The van der Waals surface area contributed by atoms with Crippen molar-refractivity contribution in [1.82, 2.24) is 0 Å². The van der Waals surface area contributed by atoms with Crippen LogP contribution in [0.2, 0.25) is 0 Å². The minimum atomic E-state index is -1.22. The molecule has 9 nitrogen and oxygen atoms in total. The van der Waals surface area contributed by atoms with Crippen molar-refractivity contribution in [2.75, 3.05) is 0 Å². The molecule has 0 aromatic carbocycles. The summed E-state index contributed by atoms with van der Waals surface area (Å²) in [7, 11) is 0. The Morgan fingerprint density at radius 2 is 0.431 bits per heavy atom. The van der Waals surface area contributed by atoms with Crippen molar-refractivity contribution >= 4 is 52.6 Å². The average Bonchev–Trinajstić information content (AvgIpc) is 3.14. The largest absolute Gasteiger partial charge is 3.00 e. The summed E-state index contributed by atoms with van der Waals surface area (Å²) in [5, 5.41) is 32.1. The number of hydrogen-bond donors (Lipinski definition) is 0. The molecule has 0 saturated heterocycles. The standard InChI is InChI=1S/3C16H30O3.Al/c3*1-3-4-5-6-7-8-9-10-11-12-13-15(14(2)17)16(18)19;/h3*15H,3-13H2,1-2H3,(H,18,19);/q;;;+3/p-3. The maximum absolute atomic E-state index is 11.1. The topological polar surface area (TPSA) is 172 Å². The summed E-state index contributed by atoms with van der Waals surface area (Å²) in [6, 6.07) is 0. The van der Waals surface area contributed by atoms with E-state index in [0.29, 0.717) is 19.3 Å². The molecule has 0 aliphatic rings. The molecule has 10 heteroatoms. The Hall–Kier alpha value is -2.05. The third-order valence-corrected chi connectivity index (χ3v) is 10.9. The summed E-state index contributed by atoms with van der Waals surface area (Å²) >= 11 is 0. The van der Waals surface area contributed by atoms with Crippen LogP contribution in [-0.4, -0.2) is 52.6 Å². The monoisotopic (exact) mass is 835 g/mol. The van der Waals surface area contributed by atoms with Crippen LogP contribution in [0.15, 0.2) is 0 Å². The third-order valence-electron chi connectivity index (χ3n) is 10.9. The number of hydrogen-bond acceptors (Lipinski definition) is 9. The summed E-state index contributed by atoms with van der Waals surface area (Å²) in [5.41, 5.74) is 0. The van der Waals surface area contributed by atoms with Crippen LogP contribution in [0.5, 0.6) is 0 Å². The number of unbranched alkanes of at least 4 members (excludes halogenated alkanes) is 27. The van der Waals surface area contributed by atoms with Crippen molar-refractivity contribution in [3.63, 3.8) is 0 Å². The van der Waals surface area contributed by atoms with Crippen LogP contribution >= 0.6 is 0 Å². The zero-order valence-electron chi connectivity index (χ0n) is 38.3. The number of carbonyl (C=O) groups is 6. The van der Waals surface area contributed by atoms with Crippen molar-refractivity contribution in [3.8, 4) is 0 Å². The molecule has 0 bridgehead atoms. The Morgan fingerprint density at radius 3 is 0.552 bits per heavy atom. The molecule has 58 heavy (non-hydrogen) atoms. The maximum Gasteiger partial charge on any atom is 3.00 e. The molecule has 0 rings (SSSR count). The first-order valence-electron chi connectivity index (χ1n) is 23.4. The van der Waals surface area contributed by atoms with Crippen molar-refractivity contribution < 1.29 is 44.1 Å². The van der Waals surface area contributed by atoms with Gasteiger partial charge in [0, 0.05) is 0 Å². The minimum absolute atomic E-state index is 0. The van der Waals surface area contributed by atoms with Gasteiger partial charge in [0.1, 0.15) is 17.3 Å². The number of carbonyl (C=O) groups excluding carboxylic acids is 6. The van der Waals surface area contributed by atoms with Gasteiger partial charge < -0.3 is 29.7 Å². The molecule has 0 saturated carbocycles. The fourth-order valence-corrected chi connectivity index (χ4v) is 6.97. The summed E-state index contributed by atoms with van der Waals surface area (Å²) in [5.74, 6) is -7.19. The van der Waals surface area contributed by atoms with Crippen LogP contribution < -0.4 is 15.3 Å². The van der Waals surface area contributed by atoms with Gasteiger partial charge in [0.2, 0.25) is 0 Å². The van der Waals surface area contributed by atoms with Gasteiger partial charge >= 0.3 is 17.4 Å². The second-order valence-electron chi connectivity index (χ2n) is 16.4. The van der Waals surface area contributed by atoms with Gasteiger partial charge in [-0.1, -0.05) is 213 Å². The van der Waals surface area contributed by atoms with E-state index >= 15 is 0 Å². The van der Waals surface area contributed by atoms with E-state index in [0.717, 1.165) is 57.8 Å². The van der Waals surface area contributed by atoms with Gasteiger partial charge in [-0.05, 0) is 40.0 Å². The van der Waals surface area contributed by atoms with E-state index in [1.165, 1.54) is 156 Å². The third kappa shape index (κ3) is 45.0. The predicted octanol–water partition coefficient (Wildman–Crippen LogP) is 9.38. The number of carboxylic acid groups (broad SMARTS) is 3. The zero-order valence-corrected chi connectivity index (χ0v) is 39.5. The van der Waals surface area contributed by atoms with Gasteiger partial charge in [-0.3, -0.25) is 14.4 Å². The maximum atomic E-state index is 11.1. The number of rotatable bonds is 39. The van der Waals surface area contributed by atoms with Crippen LogP contribution in [0, 0.1) is 17.8 Å². The molecule has 0 radical (unpaired) electrons. The molecule has 336 valence electrons. The fourth-order valence-electron chi connectivity index (χ4n) is 6.97. The second-order valence-corrected chi connectivity index (χ2v) is 16.4. The van der Waals surface area contributed by atoms with Crippen molar-refractivity contribution in [3.05, 3.63) is 0 Å². The Balaban J connectivity index is -0.000000374. The quantitative estimate of drug-likeness (QED) is 0.0332. The van der Waals surface area contributed by atoms with Gasteiger partial charge in [-0.15, -0.1) is 0 Å². The van der Waals surface area contributed by atoms with E-state index in [2.05, 4.69) is 20.8 Å². The number of ketones is 3. The number of Topliss-reactive ketones (excluding diaryl/α,β-unsaturated/α-hetero) is 3. The molecule has 0 amide bonds. The average molecular weight is 835 g/mol. The molecule has 0 spiro atoms. The first kappa shape index (κ1) is 62.6. The van der Waals surface area contributed by atoms with Gasteiger partial charge in [-0.2, -0.15) is 0 Å². The van der Waals surface area contributed by atoms with Crippen LogP contribution in [0.3, 0.4) is 0 Å². The molecule has 3 unspecified atom stereocenters. The molecule has 3 atom stereocenters. The molecule has 0 aromatic rings. The van der Waals surface area contributed by atoms with Crippen LogP contribution in [-0.2, 0) is 28.8 Å². The van der Waals surface area contributed by atoms with Crippen LogP contribution in [0.25, 0.3) is 0 Å². The summed E-state index contributed by atoms with van der Waals surface area (Å²) in [4.78, 5) is 65.3. The second kappa shape index (κ2) is 47.6. The molecule has 0 aliphatic heterocycles. The normalized spacial score (nSPS) is 12.1. The van der Waals surface area contributed by atoms with Crippen molar-refractivity contribution in [1.29, 1.82) is 0 Å². The van der Waals surface area contributed by atoms with Gasteiger partial charge in [0.05, 0.1) is 35.7 Å². The number of aliphatic carboxylic acids is 3. The van der Waals surface area contributed by atoms with Crippen molar-refractivity contribution in [2.45, 2.75) is 253 Å². The zero-order chi connectivity index (χ0) is 43.5. The number of carboxylic acids is 3. The SMILES string of the molecule is CCCCCCCCCCCCC(C(C)=O)C(=O)[O-].CCCCCCCCCCCCC(C(C)=O)C(=O)[O-].CCCCCCCCCCCCC(C(C)=O)C(=O)[O-].[Al+3]. The Kier molecular flexibility index (Phi) is 51.4. The Morgan fingerprint density at radius 1 is 0.293 bits per heavy atom. The molecule has 0 aromatic heterocycles. The van der Waals surface area contributed by atoms with Gasteiger partial charge in [-0.25, -0.2) is 0 Å². The summed E-state index contributed by atoms with van der Waals surface area (Å²) in [6.45, 7) is 10.7. The van der Waals surface area contributed by atoms with E-state index in [-0.39, 0.29) is 34.7 Å². The summed E-state index contributed by atoms with van der Waals surface area (Å²) in [6.07, 6.45) is 37.7. The van der Waals surface area contributed by atoms with E-state index in [1.54, 1.807) is 0 Å². The molecule has 0 fully saturated rings. The predicted molar refractivity (Wildman–Crippen MR) is 233 cm³/mol. The summed E-state index contributed by atoms with van der Waals surface area (Å²) < 4.78 is 0. The Labute approximate surface area is 366 Å². The Bertz CT molecular complexity index is 834. The molecule has 0 aliphatic carbocycles. The molecule has 0 N–H and O–H groups in total. The minimum Gasteiger partial charge on any atom is -0.549 e. The molecule has 0 heterocycles. The van der Waals surface area contributed by atoms with Gasteiger partial charge in [0.25, 0.3) is 0 Å². The fraction of sp³-hybridized carbons (Fsp3) is 0.875. The van der Waals surface area contributed by atoms with Crippen LogP contribution in [0.4, 0.5) is 0 Å². The van der Waals surface area contributed by atoms with E-state index < -0.39 is 35.7 Å². The van der Waals surface area contributed by atoms with E-state index in [9.17, 15) is 44.1 Å².